The van der Waals surface area contributed by atoms with Gasteiger partial charge in [-0.2, -0.15) is 0 Å². The van der Waals surface area contributed by atoms with Crippen molar-refractivity contribution in [2.24, 2.45) is 11.8 Å². The van der Waals surface area contributed by atoms with Crippen LogP contribution in [0.2, 0.25) is 0 Å². The molecule has 0 radical (unpaired) electrons. The monoisotopic (exact) mass is 228 g/mol. The van der Waals surface area contributed by atoms with Crippen LogP contribution >= 0.6 is 0 Å². The fourth-order valence-electron chi connectivity index (χ4n) is 1.57. The summed E-state index contributed by atoms with van der Waals surface area (Å²) in [5.74, 6) is 1.42. The third-order valence-corrected chi connectivity index (χ3v) is 2.60. The number of rotatable bonds is 9. The van der Waals surface area contributed by atoms with Crippen molar-refractivity contribution in [2.75, 3.05) is 6.61 Å². The van der Waals surface area contributed by atoms with Crippen LogP contribution in [0.3, 0.4) is 0 Å². The molecule has 0 aliphatic rings. The van der Waals surface area contributed by atoms with Crippen LogP contribution in [0.1, 0.15) is 66.2 Å². The van der Waals surface area contributed by atoms with Gasteiger partial charge in [0.25, 0.3) is 0 Å². The number of hydrogen-bond acceptors (Lipinski definition) is 2. The highest BCUT2D eigenvalue weighted by molar-refractivity contribution is 5.69. The van der Waals surface area contributed by atoms with Gasteiger partial charge < -0.3 is 4.74 Å². The molecule has 0 amide bonds. The minimum atomic E-state index is -0.0208. The third kappa shape index (κ3) is 11.5. The highest BCUT2D eigenvalue weighted by atomic mass is 16.5. The Bertz CT molecular complexity index is 156. The van der Waals surface area contributed by atoms with Crippen molar-refractivity contribution in [3.05, 3.63) is 0 Å². The van der Waals surface area contributed by atoms with E-state index in [4.69, 9.17) is 4.74 Å². The molecule has 0 fully saturated rings. The smallest absolute Gasteiger partial charge is 0.305 e. The third-order valence-electron chi connectivity index (χ3n) is 2.60. The van der Waals surface area contributed by atoms with Crippen LogP contribution in [0.15, 0.2) is 0 Å². The molecule has 0 rings (SSSR count). The summed E-state index contributed by atoms with van der Waals surface area (Å²) >= 11 is 0. The van der Waals surface area contributed by atoms with E-state index in [1.807, 2.05) is 0 Å². The van der Waals surface area contributed by atoms with Crippen molar-refractivity contribution >= 4 is 5.97 Å². The molecule has 16 heavy (non-hydrogen) atoms. The molecule has 2 nitrogen and oxygen atoms in total. The highest BCUT2D eigenvalue weighted by Crippen LogP contribution is 2.09. The van der Waals surface area contributed by atoms with Crippen LogP contribution in [0.4, 0.5) is 0 Å². The Morgan fingerprint density at radius 1 is 0.938 bits per heavy atom. The van der Waals surface area contributed by atoms with E-state index in [0.717, 1.165) is 31.6 Å². The number of carbonyl (C=O) groups is 1. The maximum atomic E-state index is 11.3. The second-order valence-electron chi connectivity index (χ2n) is 5.40. The summed E-state index contributed by atoms with van der Waals surface area (Å²) in [7, 11) is 0. The number of carbonyl (C=O) groups excluding carboxylic acids is 1. The lowest BCUT2D eigenvalue weighted by Gasteiger charge is -2.07. The quantitative estimate of drug-likeness (QED) is 0.437. The average molecular weight is 228 g/mol. The van der Waals surface area contributed by atoms with Crippen LogP contribution in [0.25, 0.3) is 0 Å². The van der Waals surface area contributed by atoms with Gasteiger partial charge in [0.05, 0.1) is 6.61 Å². The van der Waals surface area contributed by atoms with E-state index in [2.05, 4.69) is 27.7 Å². The number of unbranched alkanes of at least 4 members (excludes halogenated alkanes) is 1. The van der Waals surface area contributed by atoms with Gasteiger partial charge in [0.2, 0.25) is 0 Å². The van der Waals surface area contributed by atoms with Crippen LogP contribution < -0.4 is 0 Å². The lowest BCUT2D eigenvalue weighted by Crippen LogP contribution is -2.06. The predicted octanol–water partition coefficient (Wildman–Crippen LogP) is 4.18. The second kappa shape index (κ2) is 9.68. The van der Waals surface area contributed by atoms with Crippen molar-refractivity contribution in [3.8, 4) is 0 Å². The van der Waals surface area contributed by atoms with E-state index in [1.54, 1.807) is 0 Å². The molecule has 0 saturated heterocycles. The van der Waals surface area contributed by atoms with Crippen LogP contribution in [0, 0.1) is 11.8 Å². The molecule has 0 bridgehead atoms. The number of esters is 1. The van der Waals surface area contributed by atoms with Crippen molar-refractivity contribution in [2.45, 2.75) is 66.2 Å². The first kappa shape index (κ1) is 15.5. The summed E-state index contributed by atoms with van der Waals surface area (Å²) < 4.78 is 5.16. The van der Waals surface area contributed by atoms with E-state index in [9.17, 15) is 4.79 Å². The fraction of sp³-hybridized carbons (Fsp3) is 0.929. The molecule has 0 aromatic carbocycles. The normalized spacial score (nSPS) is 11.1. The Morgan fingerprint density at radius 2 is 1.50 bits per heavy atom. The van der Waals surface area contributed by atoms with E-state index in [0.29, 0.717) is 18.9 Å². The molecule has 0 spiro atoms. The van der Waals surface area contributed by atoms with E-state index in [-0.39, 0.29) is 5.97 Å². The van der Waals surface area contributed by atoms with Gasteiger partial charge in [0, 0.05) is 6.42 Å². The second-order valence-corrected chi connectivity index (χ2v) is 5.40. The maximum Gasteiger partial charge on any atom is 0.305 e. The largest absolute Gasteiger partial charge is 0.466 e. The first-order valence-corrected chi connectivity index (χ1v) is 6.68. The first-order chi connectivity index (χ1) is 7.52. The molecule has 0 aromatic rings. The fourth-order valence-corrected chi connectivity index (χ4v) is 1.57. The lowest BCUT2D eigenvalue weighted by molar-refractivity contribution is -0.143. The molecule has 0 aliphatic heterocycles. The van der Waals surface area contributed by atoms with Crippen molar-refractivity contribution in [1.29, 1.82) is 0 Å². The van der Waals surface area contributed by atoms with E-state index < -0.39 is 0 Å². The standard InChI is InChI=1S/C14H28O2/c1-12(2)8-5-6-10-14(15)16-11-7-9-13(3)4/h12-13H,5-11H2,1-4H3. The zero-order chi connectivity index (χ0) is 12.4. The molecular weight excluding hydrogens is 200 g/mol. The van der Waals surface area contributed by atoms with Gasteiger partial charge in [-0.15, -0.1) is 0 Å². The molecule has 2 heteroatoms. The molecule has 0 aromatic heterocycles. The van der Waals surface area contributed by atoms with E-state index in [1.165, 1.54) is 6.42 Å². The summed E-state index contributed by atoms with van der Waals surface area (Å²) in [6.45, 7) is 9.40. The van der Waals surface area contributed by atoms with Gasteiger partial charge >= 0.3 is 5.97 Å². The van der Waals surface area contributed by atoms with Gasteiger partial charge in [0.15, 0.2) is 0 Å². The Balaban J connectivity index is 3.25. The highest BCUT2D eigenvalue weighted by Gasteiger charge is 2.03. The van der Waals surface area contributed by atoms with Crippen molar-refractivity contribution in [3.63, 3.8) is 0 Å². The molecular formula is C14H28O2. The summed E-state index contributed by atoms with van der Waals surface area (Å²) in [4.78, 5) is 11.3. The predicted molar refractivity (Wildman–Crippen MR) is 68.3 cm³/mol. The van der Waals surface area contributed by atoms with E-state index >= 15 is 0 Å². The molecule has 0 saturated carbocycles. The topological polar surface area (TPSA) is 26.3 Å². The Morgan fingerprint density at radius 3 is 2.06 bits per heavy atom. The molecule has 0 atom stereocenters. The minimum absolute atomic E-state index is 0.0208. The number of ether oxygens (including phenoxy) is 1. The van der Waals surface area contributed by atoms with Crippen molar-refractivity contribution < 1.29 is 9.53 Å². The summed E-state index contributed by atoms with van der Waals surface area (Å²) in [5, 5.41) is 0. The molecule has 0 unspecified atom stereocenters. The van der Waals surface area contributed by atoms with Crippen LogP contribution in [0.5, 0.6) is 0 Å². The zero-order valence-electron chi connectivity index (χ0n) is 11.4. The van der Waals surface area contributed by atoms with Gasteiger partial charge in [-0.25, -0.2) is 0 Å². The zero-order valence-corrected chi connectivity index (χ0v) is 11.4. The van der Waals surface area contributed by atoms with Gasteiger partial charge in [0.1, 0.15) is 0 Å². The van der Waals surface area contributed by atoms with Crippen LogP contribution in [-0.2, 0) is 9.53 Å². The summed E-state index contributed by atoms with van der Waals surface area (Å²) in [6.07, 6.45) is 6.05. The molecule has 0 heterocycles. The maximum absolute atomic E-state index is 11.3. The van der Waals surface area contributed by atoms with Crippen molar-refractivity contribution in [1.82, 2.24) is 0 Å². The average Bonchev–Trinajstić information content (AvgIpc) is 2.19. The van der Waals surface area contributed by atoms with Gasteiger partial charge in [-0.05, 0) is 31.1 Å². The Labute approximate surface area is 101 Å². The Kier molecular flexibility index (Phi) is 9.36. The van der Waals surface area contributed by atoms with Gasteiger partial charge in [-0.3, -0.25) is 4.79 Å². The lowest BCUT2D eigenvalue weighted by atomic mass is 10.1. The summed E-state index contributed by atoms with van der Waals surface area (Å²) in [6, 6.07) is 0. The molecule has 0 aliphatic carbocycles. The summed E-state index contributed by atoms with van der Waals surface area (Å²) in [5.41, 5.74) is 0. The van der Waals surface area contributed by atoms with Crippen LogP contribution in [-0.4, -0.2) is 12.6 Å². The Hall–Kier alpha value is -0.530. The number of hydrogen-bond donors (Lipinski definition) is 0. The molecule has 96 valence electrons. The SMILES string of the molecule is CC(C)CCCCC(=O)OCCCC(C)C. The van der Waals surface area contributed by atoms with Gasteiger partial charge in [-0.1, -0.05) is 40.5 Å². The first-order valence-electron chi connectivity index (χ1n) is 6.68. The molecule has 0 N–H and O–H groups in total. The minimum Gasteiger partial charge on any atom is -0.466 e.